The number of hydroxylamine groups is 3. The molecule has 3 fully saturated rings. The third-order valence-electron chi connectivity index (χ3n) is 8.02. The van der Waals surface area contributed by atoms with Crippen molar-refractivity contribution in [2.24, 2.45) is 5.92 Å². The minimum absolute atomic E-state index is 0.0620. The zero-order valence-corrected chi connectivity index (χ0v) is 14.7. The summed E-state index contributed by atoms with van der Waals surface area (Å²) in [6, 6.07) is 3.08. The highest BCUT2D eigenvalue weighted by Gasteiger charge is 2.75. The first-order valence-corrected chi connectivity index (χ1v) is 9.89. The molecule has 0 aromatic heterocycles. The molecule has 1 spiro atoms. The summed E-state index contributed by atoms with van der Waals surface area (Å²) in [7, 11) is 0. The maximum absolute atomic E-state index is 13.9. The van der Waals surface area contributed by atoms with Gasteiger partial charge in [-0.25, -0.2) is 0 Å². The maximum Gasteiger partial charge on any atom is 0.165 e. The molecule has 2 saturated carbocycles. The Morgan fingerprint density at radius 2 is 2.04 bits per heavy atom. The lowest BCUT2D eigenvalue weighted by molar-refractivity contribution is -0.924. The fourth-order valence-corrected chi connectivity index (χ4v) is 6.73. The molecular formula is C20H25NO5. The average molecular weight is 359 g/mol. The summed E-state index contributed by atoms with van der Waals surface area (Å²) >= 11 is 0. The number of benzene rings is 1. The Labute approximate surface area is 152 Å². The van der Waals surface area contributed by atoms with Crippen molar-refractivity contribution in [3.63, 3.8) is 0 Å². The third kappa shape index (κ3) is 1.59. The minimum atomic E-state index is -1.18. The van der Waals surface area contributed by atoms with Gasteiger partial charge in [0.05, 0.1) is 24.6 Å². The molecule has 2 heterocycles. The predicted octanol–water partition coefficient (Wildman–Crippen LogP) is 1.33. The standard InChI is InChI=1S/C20H25NO5/c22-13-4-3-12-9-15-20(24)6-5-14(23)18-19(20,16(12)17(13)26-18)7-8-21(15,25)10-11-1-2-11/h3-4,11,14-15,18,22-24H,1-2,5-10H2/t14-,15+,18?,19-,20?,21-/m0/s1. The largest absolute Gasteiger partial charge is 0.632 e. The van der Waals surface area contributed by atoms with Gasteiger partial charge < -0.3 is 29.9 Å². The highest BCUT2D eigenvalue weighted by Crippen LogP contribution is 2.66. The van der Waals surface area contributed by atoms with Crippen LogP contribution in [0.4, 0.5) is 0 Å². The normalized spacial score (nSPS) is 48.0. The quantitative estimate of drug-likeness (QED) is 0.547. The molecule has 1 aromatic rings. The molecule has 6 heteroatoms. The highest BCUT2D eigenvalue weighted by atomic mass is 16.6. The minimum Gasteiger partial charge on any atom is -0.632 e. The predicted molar refractivity (Wildman–Crippen MR) is 92.6 cm³/mol. The van der Waals surface area contributed by atoms with Crippen LogP contribution in [0.15, 0.2) is 12.1 Å². The number of nitrogens with zero attached hydrogens (tertiary/aromatic N) is 1. The van der Waals surface area contributed by atoms with E-state index in [-0.39, 0.29) is 10.4 Å². The molecule has 6 rings (SSSR count). The van der Waals surface area contributed by atoms with Crippen LogP contribution >= 0.6 is 0 Å². The summed E-state index contributed by atoms with van der Waals surface area (Å²) in [6.07, 6.45) is 2.83. The molecule has 1 aromatic carbocycles. The number of likely N-dealkylation sites (tertiary alicyclic amines) is 1. The Hall–Kier alpha value is -1.34. The van der Waals surface area contributed by atoms with Crippen LogP contribution in [0.3, 0.4) is 0 Å². The van der Waals surface area contributed by atoms with Crippen LogP contribution < -0.4 is 4.74 Å². The molecule has 6 atom stereocenters. The van der Waals surface area contributed by atoms with Gasteiger partial charge in [0.15, 0.2) is 11.5 Å². The number of hydrogen-bond donors (Lipinski definition) is 3. The summed E-state index contributed by atoms with van der Waals surface area (Å²) in [5.74, 6) is 0.970. The van der Waals surface area contributed by atoms with Crippen molar-refractivity contribution >= 4 is 0 Å². The fourth-order valence-electron chi connectivity index (χ4n) is 6.73. The first kappa shape index (κ1) is 15.7. The number of aromatic hydroxyl groups is 1. The van der Waals surface area contributed by atoms with Crippen molar-refractivity contribution in [1.82, 2.24) is 0 Å². The second-order valence-corrected chi connectivity index (χ2v) is 9.26. The monoisotopic (exact) mass is 359 g/mol. The zero-order chi connectivity index (χ0) is 17.9. The van der Waals surface area contributed by atoms with Crippen LogP contribution in [0.2, 0.25) is 0 Å². The van der Waals surface area contributed by atoms with Gasteiger partial charge in [0.25, 0.3) is 0 Å². The molecule has 3 N–H and O–H groups in total. The Morgan fingerprint density at radius 3 is 2.81 bits per heavy atom. The number of rotatable bonds is 2. The molecule has 140 valence electrons. The van der Waals surface area contributed by atoms with Crippen molar-refractivity contribution in [3.8, 4) is 11.5 Å². The summed E-state index contributed by atoms with van der Waals surface area (Å²) in [5, 5.41) is 46.9. The van der Waals surface area contributed by atoms with Crippen LogP contribution in [-0.2, 0) is 11.8 Å². The van der Waals surface area contributed by atoms with Gasteiger partial charge >= 0.3 is 0 Å². The zero-order valence-electron chi connectivity index (χ0n) is 14.7. The topological polar surface area (TPSA) is 93.0 Å². The molecule has 5 aliphatic rings. The van der Waals surface area contributed by atoms with Gasteiger partial charge in [-0.3, -0.25) is 0 Å². The molecule has 2 unspecified atom stereocenters. The van der Waals surface area contributed by atoms with E-state index < -0.39 is 29.3 Å². The Balaban J connectivity index is 1.59. The first-order valence-electron chi connectivity index (χ1n) is 9.89. The van der Waals surface area contributed by atoms with E-state index >= 15 is 0 Å². The lowest BCUT2D eigenvalue weighted by atomic mass is 9.48. The van der Waals surface area contributed by atoms with Crippen LogP contribution in [0.25, 0.3) is 0 Å². The van der Waals surface area contributed by atoms with Gasteiger partial charge in [-0.15, -0.1) is 0 Å². The van der Waals surface area contributed by atoms with E-state index in [1.807, 2.05) is 6.07 Å². The average Bonchev–Trinajstić information content (AvgIpc) is 3.32. The molecular weight excluding hydrogens is 334 g/mol. The second-order valence-electron chi connectivity index (χ2n) is 9.26. The van der Waals surface area contributed by atoms with Gasteiger partial charge in [-0.1, -0.05) is 6.07 Å². The SMILES string of the molecule is [O-][N@+]1(CC2CC2)CC[C@]23c4c5ccc(O)c4OC2[C@@H](O)CCC3(O)[C@H]1C5. The lowest BCUT2D eigenvalue weighted by Gasteiger charge is -2.67. The van der Waals surface area contributed by atoms with E-state index in [1.54, 1.807) is 6.07 Å². The van der Waals surface area contributed by atoms with E-state index in [0.717, 1.165) is 24.0 Å². The smallest absolute Gasteiger partial charge is 0.165 e. The van der Waals surface area contributed by atoms with Crippen LogP contribution in [-0.4, -0.2) is 56.9 Å². The van der Waals surface area contributed by atoms with Crippen LogP contribution in [0.5, 0.6) is 11.5 Å². The van der Waals surface area contributed by atoms with Crippen molar-refractivity contribution in [3.05, 3.63) is 28.5 Å². The summed E-state index contributed by atoms with van der Waals surface area (Å²) in [4.78, 5) is 0. The molecule has 6 nitrogen and oxygen atoms in total. The Bertz CT molecular complexity index is 810. The van der Waals surface area contributed by atoms with Gasteiger partial charge in [0.1, 0.15) is 17.7 Å². The summed E-state index contributed by atoms with van der Waals surface area (Å²) < 4.78 is 5.76. The van der Waals surface area contributed by atoms with E-state index in [4.69, 9.17) is 4.74 Å². The van der Waals surface area contributed by atoms with Gasteiger partial charge in [-0.2, -0.15) is 0 Å². The van der Waals surface area contributed by atoms with Crippen molar-refractivity contribution in [1.29, 1.82) is 0 Å². The van der Waals surface area contributed by atoms with E-state index in [9.17, 15) is 20.5 Å². The van der Waals surface area contributed by atoms with E-state index in [0.29, 0.717) is 50.4 Å². The van der Waals surface area contributed by atoms with Gasteiger partial charge in [0.2, 0.25) is 0 Å². The van der Waals surface area contributed by atoms with E-state index in [2.05, 4.69) is 0 Å². The number of hydrogen-bond acceptors (Lipinski definition) is 5. The van der Waals surface area contributed by atoms with Crippen LogP contribution in [0, 0.1) is 11.1 Å². The lowest BCUT2D eigenvalue weighted by Crippen LogP contribution is -2.80. The van der Waals surface area contributed by atoms with Crippen molar-refractivity contribution in [2.75, 3.05) is 13.1 Å². The number of phenolic OH excluding ortho intramolecular Hbond substituents is 1. The maximum atomic E-state index is 13.9. The number of aliphatic hydroxyl groups is 2. The molecule has 26 heavy (non-hydrogen) atoms. The number of aliphatic hydroxyl groups excluding tert-OH is 1. The Kier molecular flexibility index (Phi) is 2.75. The molecule has 0 radical (unpaired) electrons. The molecule has 3 aliphatic carbocycles. The van der Waals surface area contributed by atoms with Gasteiger partial charge in [-0.05, 0) is 37.3 Å². The van der Waals surface area contributed by atoms with E-state index in [1.165, 1.54) is 0 Å². The molecule has 0 amide bonds. The highest BCUT2D eigenvalue weighted by molar-refractivity contribution is 5.62. The molecule has 2 bridgehead atoms. The second kappa shape index (κ2) is 4.55. The third-order valence-corrected chi connectivity index (χ3v) is 8.02. The fraction of sp³-hybridized carbons (Fsp3) is 0.700. The number of ether oxygens (including phenoxy) is 1. The number of piperidine rings is 1. The summed E-state index contributed by atoms with van der Waals surface area (Å²) in [5.41, 5.74) is -0.0968. The van der Waals surface area contributed by atoms with Gasteiger partial charge in [0, 0.05) is 24.3 Å². The van der Waals surface area contributed by atoms with Crippen LogP contribution in [0.1, 0.15) is 43.2 Å². The first-order chi connectivity index (χ1) is 12.4. The number of phenols is 1. The number of quaternary nitrogens is 1. The van der Waals surface area contributed by atoms with Crippen molar-refractivity contribution in [2.45, 2.75) is 67.8 Å². The Morgan fingerprint density at radius 1 is 1.23 bits per heavy atom. The van der Waals surface area contributed by atoms with Crippen molar-refractivity contribution < 1.29 is 24.7 Å². The molecule has 2 aliphatic heterocycles. The summed E-state index contributed by atoms with van der Waals surface area (Å²) in [6.45, 7) is 1.04. The molecule has 1 saturated heterocycles.